The maximum atomic E-state index is 12.7. The van der Waals surface area contributed by atoms with Gasteiger partial charge in [-0.3, -0.25) is 19.5 Å². The maximum Gasteiger partial charge on any atom is 0.323 e. The summed E-state index contributed by atoms with van der Waals surface area (Å²) in [6.07, 6.45) is 5.48. The summed E-state index contributed by atoms with van der Waals surface area (Å²) in [7, 11) is -3.47. The fraction of sp³-hybridized carbons (Fsp3) is 0.391. The predicted octanol–water partition coefficient (Wildman–Crippen LogP) is 2.22. The van der Waals surface area contributed by atoms with E-state index >= 15 is 0 Å². The number of nitrogens with zero attached hydrogens (tertiary/aromatic N) is 2. The fourth-order valence-electron chi connectivity index (χ4n) is 4.15. The zero-order chi connectivity index (χ0) is 23.0. The second-order valence-corrected chi connectivity index (χ2v) is 10.7. The average molecular weight is 470 g/mol. The monoisotopic (exact) mass is 469 g/mol. The van der Waals surface area contributed by atoms with Crippen LogP contribution in [0.25, 0.3) is 0 Å². The van der Waals surface area contributed by atoms with Gasteiger partial charge < -0.3 is 10.1 Å². The number of benzene rings is 1. The largest absolute Gasteiger partial charge is 0.460 e. The van der Waals surface area contributed by atoms with E-state index in [1.807, 2.05) is 36.4 Å². The molecule has 0 spiro atoms. The Hall–Kier alpha value is -3.11. The summed E-state index contributed by atoms with van der Waals surface area (Å²) in [6, 6.07) is 11.0. The second-order valence-electron chi connectivity index (χ2n) is 8.77. The van der Waals surface area contributed by atoms with Gasteiger partial charge in [0, 0.05) is 30.4 Å². The first-order valence-corrected chi connectivity index (χ1v) is 12.9. The fourth-order valence-corrected chi connectivity index (χ4v) is 4.84. The number of H-pyrrole nitrogens is 1. The van der Waals surface area contributed by atoms with Gasteiger partial charge in [0.1, 0.15) is 12.6 Å². The van der Waals surface area contributed by atoms with Crippen molar-refractivity contribution in [2.45, 2.75) is 37.8 Å². The zero-order valence-electron chi connectivity index (χ0n) is 18.4. The molecule has 1 aromatic heterocycles. The highest BCUT2D eigenvalue weighted by molar-refractivity contribution is 7.88. The number of ether oxygens (including phenoxy) is 1. The molecule has 0 saturated heterocycles. The van der Waals surface area contributed by atoms with Crippen LogP contribution in [0.1, 0.15) is 36.4 Å². The van der Waals surface area contributed by atoms with E-state index in [-0.39, 0.29) is 19.1 Å². The number of aromatic amines is 1. The molecule has 33 heavy (non-hydrogen) atoms. The van der Waals surface area contributed by atoms with E-state index in [2.05, 4.69) is 20.8 Å². The Morgan fingerprint density at radius 2 is 2.06 bits per heavy atom. The van der Waals surface area contributed by atoms with Crippen molar-refractivity contribution in [3.8, 4) is 0 Å². The molecule has 1 fully saturated rings. The molecule has 1 aromatic carbocycles. The first kappa shape index (κ1) is 21.7. The minimum absolute atomic E-state index is 0.203. The van der Waals surface area contributed by atoms with Crippen LogP contribution in [0.15, 0.2) is 59.4 Å². The predicted molar refractivity (Wildman–Crippen MR) is 123 cm³/mol. The summed E-state index contributed by atoms with van der Waals surface area (Å²) in [6.45, 7) is 0.850. The summed E-state index contributed by atoms with van der Waals surface area (Å²) < 4.78 is 31.5. The van der Waals surface area contributed by atoms with E-state index in [1.165, 1.54) is 10.6 Å². The van der Waals surface area contributed by atoms with Crippen LogP contribution >= 0.6 is 0 Å². The van der Waals surface area contributed by atoms with Crippen LogP contribution in [0, 0.1) is 0 Å². The molecule has 1 unspecified atom stereocenters. The molecule has 0 bridgehead atoms. The van der Waals surface area contributed by atoms with E-state index in [1.54, 1.807) is 6.20 Å². The van der Waals surface area contributed by atoms with Crippen molar-refractivity contribution in [3.05, 3.63) is 70.7 Å². The van der Waals surface area contributed by atoms with Gasteiger partial charge in [-0.1, -0.05) is 30.3 Å². The highest BCUT2D eigenvalue weighted by Gasteiger charge is 2.33. The number of esters is 1. The highest BCUT2D eigenvalue weighted by Crippen LogP contribution is 2.40. The van der Waals surface area contributed by atoms with E-state index in [0.29, 0.717) is 30.4 Å². The SMILES string of the molecule is CS(=O)(=O)N1C=C(Nc2cc(C3CC3)[nH]n2)C2=C(CC(C(=O)OCc3ccccc3)NC2)C1. The summed E-state index contributed by atoms with van der Waals surface area (Å²) in [5, 5.41) is 13.9. The molecule has 0 radical (unpaired) electrons. The van der Waals surface area contributed by atoms with Crippen LogP contribution in [-0.4, -0.2) is 54.3 Å². The van der Waals surface area contributed by atoms with E-state index in [9.17, 15) is 13.2 Å². The van der Waals surface area contributed by atoms with Gasteiger partial charge >= 0.3 is 5.97 Å². The van der Waals surface area contributed by atoms with Gasteiger partial charge in [0.15, 0.2) is 5.82 Å². The molecule has 1 saturated carbocycles. The molecular formula is C23H27N5O4S. The molecular weight excluding hydrogens is 442 g/mol. The number of carbonyl (C=O) groups excluding carboxylic acids is 1. The molecule has 174 valence electrons. The van der Waals surface area contributed by atoms with Crippen molar-refractivity contribution in [1.82, 2.24) is 19.8 Å². The number of anilines is 1. The van der Waals surface area contributed by atoms with Gasteiger partial charge in [-0.15, -0.1) is 0 Å². The molecule has 1 aliphatic carbocycles. The molecule has 2 aromatic rings. The van der Waals surface area contributed by atoms with Crippen LogP contribution in [0.2, 0.25) is 0 Å². The van der Waals surface area contributed by atoms with Crippen LogP contribution in [0.3, 0.4) is 0 Å². The lowest BCUT2D eigenvalue weighted by molar-refractivity contribution is -0.147. The normalized spacial score (nSPS) is 20.8. The molecule has 2 aliphatic heterocycles. The van der Waals surface area contributed by atoms with Gasteiger partial charge in [-0.2, -0.15) is 5.10 Å². The van der Waals surface area contributed by atoms with Gasteiger partial charge in [-0.05, 0) is 36.0 Å². The molecule has 3 heterocycles. The smallest absolute Gasteiger partial charge is 0.323 e. The third-order valence-corrected chi connectivity index (χ3v) is 7.25. The van der Waals surface area contributed by atoms with Gasteiger partial charge in [0.2, 0.25) is 10.0 Å². The van der Waals surface area contributed by atoms with Crippen LogP contribution in [0.5, 0.6) is 0 Å². The number of nitrogens with one attached hydrogen (secondary N) is 3. The molecule has 5 rings (SSSR count). The lowest BCUT2D eigenvalue weighted by Crippen LogP contribution is -2.46. The first-order chi connectivity index (χ1) is 15.9. The van der Waals surface area contributed by atoms with Crippen molar-refractivity contribution in [1.29, 1.82) is 0 Å². The minimum Gasteiger partial charge on any atom is -0.460 e. The Morgan fingerprint density at radius 3 is 2.79 bits per heavy atom. The maximum absolute atomic E-state index is 12.7. The zero-order valence-corrected chi connectivity index (χ0v) is 19.2. The van der Waals surface area contributed by atoms with Crippen LogP contribution in [0.4, 0.5) is 5.82 Å². The third kappa shape index (κ3) is 4.96. The Balaban J connectivity index is 1.32. The minimum atomic E-state index is -3.47. The number of rotatable bonds is 7. The molecule has 1 atom stereocenters. The van der Waals surface area contributed by atoms with E-state index in [4.69, 9.17) is 4.74 Å². The second kappa shape index (κ2) is 8.68. The number of sulfonamides is 1. The topological polar surface area (TPSA) is 116 Å². The van der Waals surface area contributed by atoms with Gasteiger partial charge in [-0.25, -0.2) is 8.42 Å². The average Bonchev–Trinajstić information content (AvgIpc) is 3.56. The molecule has 0 amide bonds. The van der Waals surface area contributed by atoms with Crippen molar-refractivity contribution in [2.75, 3.05) is 24.7 Å². The van der Waals surface area contributed by atoms with Crippen molar-refractivity contribution in [3.63, 3.8) is 0 Å². The Bertz CT molecular complexity index is 1210. The number of hydrogen-bond donors (Lipinski definition) is 3. The Kier molecular flexibility index (Phi) is 5.71. The van der Waals surface area contributed by atoms with E-state index in [0.717, 1.165) is 35.2 Å². The molecule has 3 aliphatic rings. The van der Waals surface area contributed by atoms with Crippen molar-refractivity contribution < 1.29 is 17.9 Å². The van der Waals surface area contributed by atoms with Gasteiger partial charge in [0.25, 0.3) is 0 Å². The van der Waals surface area contributed by atoms with Gasteiger partial charge in [0.05, 0.1) is 18.5 Å². The molecule has 10 heteroatoms. The number of hydrogen-bond acceptors (Lipinski definition) is 7. The standard InChI is InChI=1S/C23H27N5O4S/c1-33(30,31)28-12-17-9-20(23(29)32-14-15-5-3-2-4-6-15)24-11-18(17)21(13-28)25-22-10-19(26-27-22)16-7-8-16/h2-6,10,13,16,20,24H,7-9,11-12,14H2,1H3,(H2,25,26,27). The highest BCUT2D eigenvalue weighted by atomic mass is 32.2. The van der Waals surface area contributed by atoms with Crippen LogP contribution in [-0.2, 0) is 26.2 Å². The van der Waals surface area contributed by atoms with E-state index < -0.39 is 16.1 Å². The van der Waals surface area contributed by atoms with Crippen molar-refractivity contribution >= 4 is 21.8 Å². The lowest BCUT2D eigenvalue weighted by atomic mass is 9.92. The molecule has 3 N–H and O–H groups in total. The summed E-state index contributed by atoms with van der Waals surface area (Å²) in [5.41, 5.74) is 4.52. The summed E-state index contributed by atoms with van der Waals surface area (Å²) >= 11 is 0. The summed E-state index contributed by atoms with van der Waals surface area (Å²) in [4.78, 5) is 12.7. The summed E-state index contributed by atoms with van der Waals surface area (Å²) in [5.74, 6) is 0.839. The number of carbonyl (C=O) groups is 1. The third-order valence-electron chi connectivity index (χ3n) is 6.16. The molecule has 9 nitrogen and oxygen atoms in total. The lowest BCUT2D eigenvalue weighted by Gasteiger charge is -2.35. The van der Waals surface area contributed by atoms with Crippen molar-refractivity contribution in [2.24, 2.45) is 0 Å². The first-order valence-electron chi connectivity index (χ1n) is 11.0. The Labute approximate surface area is 192 Å². The van der Waals surface area contributed by atoms with Crippen LogP contribution < -0.4 is 10.6 Å². The Morgan fingerprint density at radius 1 is 1.27 bits per heavy atom. The number of aromatic nitrogens is 2. The quantitative estimate of drug-likeness (QED) is 0.533.